The maximum Gasteiger partial charge on any atom is 0.310 e. The Morgan fingerprint density at radius 2 is 2.04 bits per heavy atom. The second-order valence-electron chi connectivity index (χ2n) is 6.32. The molecule has 1 aromatic carbocycles. The van der Waals surface area contributed by atoms with Crippen molar-refractivity contribution in [2.45, 2.75) is 32.9 Å². The van der Waals surface area contributed by atoms with Gasteiger partial charge in [0.1, 0.15) is 11.5 Å². The molecule has 2 aromatic heterocycles. The third-order valence-electron chi connectivity index (χ3n) is 4.86. The molecule has 0 N–H and O–H groups in total. The summed E-state index contributed by atoms with van der Waals surface area (Å²) in [6.07, 6.45) is 1.34. The molecule has 0 spiro atoms. The number of ether oxygens (including phenoxy) is 1. The summed E-state index contributed by atoms with van der Waals surface area (Å²) in [6.45, 7) is 2.79. The molecule has 0 fully saturated rings. The van der Waals surface area contributed by atoms with Gasteiger partial charge in [0.15, 0.2) is 5.82 Å². The highest BCUT2D eigenvalue weighted by molar-refractivity contribution is 5.92. The van der Waals surface area contributed by atoms with Crippen molar-refractivity contribution in [1.82, 2.24) is 24.5 Å². The molecule has 0 aliphatic carbocycles. The van der Waals surface area contributed by atoms with Crippen molar-refractivity contribution in [3.8, 4) is 11.5 Å². The first-order chi connectivity index (χ1) is 12.6. The number of methoxy groups -OCH3 is 1. The van der Waals surface area contributed by atoms with Crippen molar-refractivity contribution in [2.75, 3.05) is 7.11 Å². The van der Waals surface area contributed by atoms with Crippen LogP contribution in [-0.4, -0.2) is 37.6 Å². The molecule has 0 amide bonds. The van der Waals surface area contributed by atoms with Crippen LogP contribution in [0.25, 0.3) is 22.3 Å². The van der Waals surface area contributed by atoms with Crippen molar-refractivity contribution in [2.24, 2.45) is 5.92 Å². The first kappa shape index (κ1) is 16.4. The number of hydrogen-bond acceptors (Lipinski definition) is 6. The SMILES string of the molecule is CCn1nc(-c2nnc3n2CC(C(=O)OC)CC3)c2ccccc2c1=O. The standard InChI is InChI=1S/C18H19N5O3/c1-3-23-17(24)13-7-5-4-6-12(13)15(21-23)16-20-19-14-9-8-11(10-22(14)16)18(25)26-2/h4-7,11H,3,8-10H2,1-2H3. The van der Waals surface area contributed by atoms with E-state index in [1.807, 2.05) is 29.7 Å². The van der Waals surface area contributed by atoms with Crippen molar-refractivity contribution in [1.29, 1.82) is 0 Å². The molecule has 1 aliphatic heterocycles. The highest BCUT2D eigenvalue weighted by Crippen LogP contribution is 2.28. The van der Waals surface area contributed by atoms with Crippen LogP contribution in [0.3, 0.4) is 0 Å². The lowest BCUT2D eigenvalue weighted by Gasteiger charge is -2.22. The van der Waals surface area contributed by atoms with Gasteiger partial charge in [0.05, 0.1) is 18.4 Å². The van der Waals surface area contributed by atoms with Gasteiger partial charge in [-0.3, -0.25) is 9.59 Å². The van der Waals surface area contributed by atoms with Crippen LogP contribution < -0.4 is 5.56 Å². The summed E-state index contributed by atoms with van der Waals surface area (Å²) in [5.41, 5.74) is 0.476. The quantitative estimate of drug-likeness (QED) is 0.661. The van der Waals surface area contributed by atoms with E-state index in [0.717, 1.165) is 11.2 Å². The first-order valence-corrected chi connectivity index (χ1v) is 8.64. The average Bonchev–Trinajstić information content (AvgIpc) is 3.11. The van der Waals surface area contributed by atoms with Crippen molar-refractivity contribution < 1.29 is 9.53 Å². The van der Waals surface area contributed by atoms with Gasteiger partial charge >= 0.3 is 5.97 Å². The third-order valence-corrected chi connectivity index (χ3v) is 4.86. The van der Waals surface area contributed by atoms with Crippen LogP contribution in [0.2, 0.25) is 0 Å². The molecule has 0 saturated heterocycles. The number of aryl methyl sites for hydroxylation is 2. The molecule has 3 aromatic rings. The van der Waals surface area contributed by atoms with Gasteiger partial charge in [-0.1, -0.05) is 18.2 Å². The number of fused-ring (bicyclic) bond motifs is 2. The van der Waals surface area contributed by atoms with E-state index in [9.17, 15) is 9.59 Å². The number of nitrogens with zero attached hydrogens (tertiary/aromatic N) is 5. The number of rotatable bonds is 3. The summed E-state index contributed by atoms with van der Waals surface area (Å²) in [6, 6.07) is 7.36. The molecular formula is C18H19N5O3. The van der Waals surface area contributed by atoms with Gasteiger partial charge in [-0.05, 0) is 19.4 Å². The van der Waals surface area contributed by atoms with Crippen LogP contribution in [0.15, 0.2) is 29.1 Å². The van der Waals surface area contributed by atoms with Crippen molar-refractivity contribution >= 4 is 16.7 Å². The van der Waals surface area contributed by atoms with Gasteiger partial charge in [-0.15, -0.1) is 10.2 Å². The molecule has 1 atom stereocenters. The van der Waals surface area contributed by atoms with E-state index in [0.29, 0.717) is 42.8 Å². The summed E-state index contributed by atoms with van der Waals surface area (Å²) in [7, 11) is 1.40. The fraction of sp³-hybridized carbons (Fsp3) is 0.389. The zero-order valence-electron chi connectivity index (χ0n) is 14.7. The van der Waals surface area contributed by atoms with Crippen LogP contribution in [0.4, 0.5) is 0 Å². The van der Waals surface area contributed by atoms with Gasteiger partial charge in [0.25, 0.3) is 5.56 Å². The summed E-state index contributed by atoms with van der Waals surface area (Å²) < 4.78 is 8.25. The molecule has 8 heteroatoms. The van der Waals surface area contributed by atoms with Gasteiger partial charge < -0.3 is 9.30 Å². The minimum absolute atomic E-state index is 0.127. The Morgan fingerprint density at radius 1 is 1.27 bits per heavy atom. The van der Waals surface area contributed by atoms with E-state index in [1.54, 1.807) is 6.07 Å². The Labute approximate surface area is 149 Å². The minimum atomic E-state index is -0.231. The lowest BCUT2D eigenvalue weighted by molar-refractivity contribution is -0.146. The van der Waals surface area contributed by atoms with Crippen molar-refractivity contribution in [3.05, 3.63) is 40.4 Å². The Balaban J connectivity index is 1.91. The number of carbonyl (C=O) groups excluding carboxylic acids is 1. The summed E-state index contributed by atoms with van der Waals surface area (Å²) in [5.74, 6) is 0.935. The van der Waals surface area contributed by atoms with Gasteiger partial charge in [0.2, 0.25) is 0 Å². The van der Waals surface area contributed by atoms with Crippen LogP contribution in [0, 0.1) is 5.92 Å². The molecule has 0 bridgehead atoms. The van der Waals surface area contributed by atoms with Gasteiger partial charge in [0, 0.05) is 24.9 Å². The fourth-order valence-electron chi connectivity index (χ4n) is 3.48. The van der Waals surface area contributed by atoms with E-state index in [2.05, 4.69) is 15.3 Å². The maximum absolute atomic E-state index is 12.5. The highest BCUT2D eigenvalue weighted by Gasteiger charge is 2.29. The average molecular weight is 353 g/mol. The molecule has 3 heterocycles. The predicted molar refractivity (Wildman–Crippen MR) is 94.5 cm³/mol. The second-order valence-corrected chi connectivity index (χ2v) is 6.32. The zero-order valence-corrected chi connectivity index (χ0v) is 14.7. The van der Waals surface area contributed by atoms with E-state index in [-0.39, 0.29) is 17.4 Å². The van der Waals surface area contributed by atoms with Crippen LogP contribution in [-0.2, 0) is 29.0 Å². The molecule has 134 valence electrons. The largest absolute Gasteiger partial charge is 0.469 e. The molecule has 0 radical (unpaired) electrons. The molecule has 4 rings (SSSR count). The Hall–Kier alpha value is -3.03. The van der Waals surface area contributed by atoms with E-state index >= 15 is 0 Å². The van der Waals surface area contributed by atoms with Crippen LogP contribution in [0.5, 0.6) is 0 Å². The fourth-order valence-corrected chi connectivity index (χ4v) is 3.48. The number of hydrogen-bond donors (Lipinski definition) is 0. The molecule has 26 heavy (non-hydrogen) atoms. The number of esters is 1. The van der Waals surface area contributed by atoms with E-state index < -0.39 is 0 Å². The smallest absolute Gasteiger partial charge is 0.310 e. The Morgan fingerprint density at radius 3 is 2.77 bits per heavy atom. The number of aromatic nitrogens is 5. The van der Waals surface area contributed by atoms with Gasteiger partial charge in [-0.25, -0.2) is 4.68 Å². The normalized spacial score (nSPS) is 16.5. The highest BCUT2D eigenvalue weighted by atomic mass is 16.5. The summed E-state index contributed by atoms with van der Waals surface area (Å²) >= 11 is 0. The zero-order chi connectivity index (χ0) is 18.3. The number of benzene rings is 1. The molecule has 1 aliphatic rings. The summed E-state index contributed by atoms with van der Waals surface area (Å²) in [4.78, 5) is 24.5. The Bertz CT molecular complexity index is 1050. The van der Waals surface area contributed by atoms with Crippen LogP contribution in [0.1, 0.15) is 19.2 Å². The molecule has 8 nitrogen and oxygen atoms in total. The molecule has 1 unspecified atom stereocenters. The predicted octanol–water partition coefficient (Wildman–Crippen LogP) is 1.41. The van der Waals surface area contributed by atoms with Gasteiger partial charge in [-0.2, -0.15) is 5.10 Å². The van der Waals surface area contributed by atoms with Crippen molar-refractivity contribution in [3.63, 3.8) is 0 Å². The molecular weight excluding hydrogens is 334 g/mol. The lowest BCUT2D eigenvalue weighted by atomic mass is 9.99. The Kier molecular flexibility index (Phi) is 4.02. The monoisotopic (exact) mass is 353 g/mol. The van der Waals surface area contributed by atoms with E-state index in [1.165, 1.54) is 11.8 Å². The topological polar surface area (TPSA) is 91.9 Å². The third kappa shape index (κ3) is 2.49. The van der Waals surface area contributed by atoms with E-state index in [4.69, 9.17) is 4.74 Å². The van der Waals surface area contributed by atoms with Crippen LogP contribution >= 0.6 is 0 Å². The summed E-state index contributed by atoms with van der Waals surface area (Å²) in [5, 5.41) is 14.4. The first-order valence-electron chi connectivity index (χ1n) is 8.64. The maximum atomic E-state index is 12.5. The lowest BCUT2D eigenvalue weighted by Crippen LogP contribution is -2.28. The second kappa shape index (κ2) is 6.36. The number of carbonyl (C=O) groups is 1. The molecule has 0 saturated carbocycles. The minimum Gasteiger partial charge on any atom is -0.469 e.